The van der Waals surface area contributed by atoms with E-state index in [1.165, 1.54) is 0 Å². The smallest absolute Gasteiger partial charge is 0.137 e. The van der Waals surface area contributed by atoms with Crippen LogP contribution in [0.2, 0.25) is 5.02 Å². The Morgan fingerprint density at radius 1 is 1.33 bits per heavy atom. The van der Waals surface area contributed by atoms with Crippen LogP contribution in [0.5, 0.6) is 5.75 Å². The second-order valence-electron chi connectivity index (χ2n) is 5.26. The fraction of sp³-hybridized carbons (Fsp3) is 0.571. The standard InChI is InChI=1S/C14H21ClFNO/c1-14(2,3)17-10-11-5-6-13(12(15)9-11)18-8-4-7-16/h5-6,9,17H,4,7-8,10H2,1-3H3. The molecule has 0 atom stereocenters. The van der Waals surface area contributed by atoms with Crippen LogP contribution in [0.4, 0.5) is 4.39 Å². The van der Waals surface area contributed by atoms with Crippen LogP contribution in [-0.2, 0) is 6.54 Å². The Hall–Kier alpha value is -0.800. The minimum absolute atomic E-state index is 0.0722. The maximum Gasteiger partial charge on any atom is 0.137 e. The highest BCUT2D eigenvalue weighted by Crippen LogP contribution is 2.25. The third-order valence-corrected chi connectivity index (χ3v) is 2.65. The molecule has 0 aromatic heterocycles. The van der Waals surface area contributed by atoms with E-state index in [0.717, 1.165) is 12.1 Å². The molecule has 0 amide bonds. The van der Waals surface area contributed by atoms with Gasteiger partial charge in [0.05, 0.1) is 18.3 Å². The van der Waals surface area contributed by atoms with Gasteiger partial charge in [0.15, 0.2) is 0 Å². The summed E-state index contributed by atoms with van der Waals surface area (Å²) < 4.78 is 17.3. The van der Waals surface area contributed by atoms with E-state index in [1.807, 2.05) is 18.2 Å². The summed E-state index contributed by atoms with van der Waals surface area (Å²) in [6.45, 7) is 7.09. The van der Waals surface area contributed by atoms with Crippen molar-refractivity contribution >= 4 is 11.6 Å². The molecule has 102 valence electrons. The zero-order valence-corrected chi connectivity index (χ0v) is 12.0. The second-order valence-corrected chi connectivity index (χ2v) is 5.67. The zero-order chi connectivity index (χ0) is 13.6. The van der Waals surface area contributed by atoms with Crippen LogP contribution in [-0.4, -0.2) is 18.8 Å². The number of halogens is 2. The van der Waals surface area contributed by atoms with Crippen molar-refractivity contribution in [3.63, 3.8) is 0 Å². The van der Waals surface area contributed by atoms with Gasteiger partial charge in [-0.15, -0.1) is 0 Å². The first-order valence-electron chi connectivity index (χ1n) is 6.14. The number of rotatable bonds is 6. The quantitative estimate of drug-likeness (QED) is 0.792. The number of nitrogens with one attached hydrogen (secondary N) is 1. The lowest BCUT2D eigenvalue weighted by Crippen LogP contribution is -2.35. The van der Waals surface area contributed by atoms with Gasteiger partial charge in [-0.2, -0.15) is 0 Å². The molecular weight excluding hydrogens is 253 g/mol. The van der Waals surface area contributed by atoms with Gasteiger partial charge in [0, 0.05) is 18.5 Å². The SMILES string of the molecule is CC(C)(C)NCc1ccc(OCCCF)c(Cl)c1. The molecule has 4 heteroatoms. The first-order valence-corrected chi connectivity index (χ1v) is 6.52. The highest BCUT2D eigenvalue weighted by atomic mass is 35.5. The van der Waals surface area contributed by atoms with Gasteiger partial charge in [-0.25, -0.2) is 0 Å². The Kier molecular flexibility index (Phi) is 5.89. The first kappa shape index (κ1) is 15.3. The van der Waals surface area contributed by atoms with Crippen molar-refractivity contribution < 1.29 is 9.13 Å². The van der Waals surface area contributed by atoms with Crippen molar-refractivity contribution in [1.82, 2.24) is 5.32 Å². The van der Waals surface area contributed by atoms with Crippen molar-refractivity contribution in [2.24, 2.45) is 0 Å². The lowest BCUT2D eigenvalue weighted by Gasteiger charge is -2.20. The molecule has 18 heavy (non-hydrogen) atoms. The number of hydrogen-bond donors (Lipinski definition) is 1. The van der Waals surface area contributed by atoms with E-state index >= 15 is 0 Å². The number of alkyl halides is 1. The predicted octanol–water partition coefficient (Wildman–Crippen LogP) is 3.97. The molecule has 0 heterocycles. The Morgan fingerprint density at radius 2 is 2.06 bits per heavy atom. The van der Waals surface area contributed by atoms with Gasteiger partial charge >= 0.3 is 0 Å². The minimum Gasteiger partial charge on any atom is -0.492 e. The number of hydrogen-bond acceptors (Lipinski definition) is 2. The van der Waals surface area contributed by atoms with Gasteiger partial charge in [0.1, 0.15) is 5.75 Å². The summed E-state index contributed by atoms with van der Waals surface area (Å²) in [4.78, 5) is 0. The van der Waals surface area contributed by atoms with Crippen LogP contribution in [0, 0.1) is 0 Å². The highest BCUT2D eigenvalue weighted by Gasteiger charge is 2.09. The maximum atomic E-state index is 12.0. The summed E-state index contributed by atoms with van der Waals surface area (Å²) in [5.74, 6) is 0.615. The first-order chi connectivity index (χ1) is 8.42. The summed E-state index contributed by atoms with van der Waals surface area (Å²) >= 11 is 6.11. The normalized spacial score (nSPS) is 11.6. The monoisotopic (exact) mass is 273 g/mol. The van der Waals surface area contributed by atoms with Gasteiger partial charge in [-0.3, -0.25) is 4.39 Å². The van der Waals surface area contributed by atoms with Crippen LogP contribution < -0.4 is 10.1 Å². The van der Waals surface area contributed by atoms with E-state index in [-0.39, 0.29) is 12.2 Å². The summed E-state index contributed by atoms with van der Waals surface area (Å²) in [6, 6.07) is 5.68. The van der Waals surface area contributed by atoms with E-state index < -0.39 is 0 Å². The van der Waals surface area contributed by atoms with Gasteiger partial charge in [0.25, 0.3) is 0 Å². The molecule has 0 radical (unpaired) electrons. The van der Waals surface area contributed by atoms with Crippen LogP contribution in [0.15, 0.2) is 18.2 Å². The topological polar surface area (TPSA) is 21.3 Å². The average molecular weight is 274 g/mol. The van der Waals surface area contributed by atoms with E-state index in [4.69, 9.17) is 16.3 Å². The summed E-state index contributed by atoms with van der Waals surface area (Å²) in [7, 11) is 0. The van der Waals surface area contributed by atoms with Gasteiger partial charge in [-0.05, 0) is 38.5 Å². The molecule has 0 bridgehead atoms. The Balaban J connectivity index is 2.56. The number of benzene rings is 1. The molecule has 0 saturated heterocycles. The van der Waals surface area contributed by atoms with Gasteiger partial charge < -0.3 is 10.1 Å². The Bertz CT molecular complexity index is 377. The van der Waals surface area contributed by atoms with Gasteiger partial charge in [0.2, 0.25) is 0 Å². The summed E-state index contributed by atoms with van der Waals surface area (Å²) in [5.41, 5.74) is 1.18. The molecule has 0 aliphatic heterocycles. The molecule has 1 rings (SSSR count). The summed E-state index contributed by atoms with van der Waals surface area (Å²) in [5, 5.41) is 3.96. The Morgan fingerprint density at radius 3 is 2.61 bits per heavy atom. The molecule has 0 aliphatic rings. The summed E-state index contributed by atoms with van der Waals surface area (Å²) in [6.07, 6.45) is 0.393. The van der Waals surface area contributed by atoms with Crippen molar-refractivity contribution in [3.05, 3.63) is 28.8 Å². The second kappa shape index (κ2) is 6.95. The van der Waals surface area contributed by atoms with E-state index in [9.17, 15) is 4.39 Å². The molecule has 0 spiro atoms. The van der Waals surface area contributed by atoms with Crippen molar-refractivity contribution in [3.8, 4) is 5.75 Å². The third kappa shape index (κ3) is 5.69. The molecular formula is C14H21ClFNO. The fourth-order valence-electron chi connectivity index (χ4n) is 1.38. The van der Waals surface area contributed by atoms with Gasteiger partial charge in [-0.1, -0.05) is 17.7 Å². The van der Waals surface area contributed by atoms with Crippen molar-refractivity contribution in [1.29, 1.82) is 0 Å². The van der Waals surface area contributed by atoms with E-state index in [1.54, 1.807) is 0 Å². The molecule has 1 aromatic carbocycles. The molecule has 0 aliphatic carbocycles. The van der Waals surface area contributed by atoms with E-state index in [2.05, 4.69) is 26.1 Å². The Labute approximate surface area is 113 Å². The molecule has 2 nitrogen and oxygen atoms in total. The van der Waals surface area contributed by atoms with Crippen molar-refractivity contribution in [2.75, 3.05) is 13.3 Å². The molecule has 0 unspecified atom stereocenters. The molecule has 0 fully saturated rings. The highest BCUT2D eigenvalue weighted by molar-refractivity contribution is 6.32. The molecule has 1 N–H and O–H groups in total. The van der Waals surface area contributed by atoms with Crippen LogP contribution in [0.1, 0.15) is 32.8 Å². The predicted molar refractivity (Wildman–Crippen MR) is 74.1 cm³/mol. The lowest BCUT2D eigenvalue weighted by molar-refractivity contribution is 0.289. The van der Waals surface area contributed by atoms with Crippen molar-refractivity contribution in [2.45, 2.75) is 39.3 Å². The van der Waals surface area contributed by atoms with Crippen LogP contribution in [0.25, 0.3) is 0 Å². The minimum atomic E-state index is -0.370. The van der Waals surface area contributed by atoms with Crippen LogP contribution >= 0.6 is 11.6 Å². The lowest BCUT2D eigenvalue weighted by atomic mass is 10.1. The average Bonchev–Trinajstić information content (AvgIpc) is 2.28. The molecule has 1 aromatic rings. The fourth-order valence-corrected chi connectivity index (χ4v) is 1.63. The zero-order valence-electron chi connectivity index (χ0n) is 11.2. The largest absolute Gasteiger partial charge is 0.492 e. The van der Waals surface area contributed by atoms with Crippen LogP contribution in [0.3, 0.4) is 0 Å². The third-order valence-electron chi connectivity index (χ3n) is 2.35. The molecule has 0 saturated carbocycles. The van der Waals surface area contributed by atoms with E-state index in [0.29, 0.717) is 23.8 Å². The number of ether oxygens (including phenoxy) is 1. The maximum absolute atomic E-state index is 12.0.